The Kier molecular flexibility index (Phi) is 5.62. The van der Waals surface area contributed by atoms with Gasteiger partial charge >= 0.3 is 12.1 Å². The largest absolute Gasteiger partial charge is 0.481 e. The summed E-state index contributed by atoms with van der Waals surface area (Å²) in [6, 6.07) is 4.78. The van der Waals surface area contributed by atoms with Crippen molar-refractivity contribution in [2.75, 3.05) is 19.6 Å². The number of piperidine rings is 1. The second-order valence-electron chi connectivity index (χ2n) is 7.34. The van der Waals surface area contributed by atoms with E-state index in [1.165, 1.54) is 21.9 Å². The lowest BCUT2D eigenvalue weighted by molar-refractivity contribution is -0.147. The molecule has 1 aromatic carbocycles. The normalized spacial score (nSPS) is 23.2. The number of benzene rings is 1. The van der Waals surface area contributed by atoms with Crippen molar-refractivity contribution < 1.29 is 32.7 Å². The molecule has 152 valence electrons. The van der Waals surface area contributed by atoms with E-state index in [2.05, 4.69) is 0 Å². The SMILES string of the molecule is O=C(O)[C@H]1CCCN(C(=O)C2CC(=O)N(Cc3cccc(C(F)(F)F)c3)C2)C1. The van der Waals surface area contributed by atoms with Gasteiger partial charge in [0.15, 0.2) is 0 Å². The second kappa shape index (κ2) is 7.81. The first kappa shape index (κ1) is 20.2. The molecule has 2 saturated heterocycles. The molecule has 6 nitrogen and oxygen atoms in total. The van der Waals surface area contributed by atoms with Gasteiger partial charge in [-0.05, 0) is 30.5 Å². The van der Waals surface area contributed by atoms with Crippen molar-refractivity contribution in [3.05, 3.63) is 35.4 Å². The molecule has 2 aliphatic heterocycles. The zero-order chi connectivity index (χ0) is 20.5. The molecular weight excluding hydrogens is 377 g/mol. The molecule has 0 saturated carbocycles. The zero-order valence-corrected chi connectivity index (χ0v) is 15.1. The average molecular weight is 398 g/mol. The van der Waals surface area contributed by atoms with E-state index in [9.17, 15) is 27.6 Å². The third-order valence-corrected chi connectivity index (χ3v) is 5.27. The molecule has 3 rings (SSSR count). The summed E-state index contributed by atoms with van der Waals surface area (Å²) in [6.45, 7) is 0.722. The van der Waals surface area contributed by atoms with Crippen molar-refractivity contribution in [2.45, 2.75) is 32.0 Å². The van der Waals surface area contributed by atoms with Gasteiger partial charge in [-0.2, -0.15) is 13.2 Å². The van der Waals surface area contributed by atoms with E-state index < -0.39 is 29.5 Å². The molecule has 1 aromatic rings. The van der Waals surface area contributed by atoms with E-state index in [1.54, 1.807) is 0 Å². The summed E-state index contributed by atoms with van der Waals surface area (Å²) in [4.78, 5) is 39.0. The molecule has 0 radical (unpaired) electrons. The van der Waals surface area contributed by atoms with Crippen LogP contribution in [0.1, 0.15) is 30.4 Å². The third-order valence-electron chi connectivity index (χ3n) is 5.27. The Morgan fingerprint density at radius 1 is 1.18 bits per heavy atom. The number of halogens is 3. The lowest BCUT2D eigenvalue weighted by Crippen LogP contribution is -2.45. The number of amides is 2. The number of rotatable bonds is 4. The molecule has 2 aliphatic rings. The first-order valence-corrected chi connectivity index (χ1v) is 9.10. The molecule has 2 heterocycles. The van der Waals surface area contributed by atoms with Crippen molar-refractivity contribution in [1.29, 1.82) is 0 Å². The van der Waals surface area contributed by atoms with E-state index >= 15 is 0 Å². The fraction of sp³-hybridized carbons (Fsp3) is 0.526. The molecule has 1 unspecified atom stereocenters. The summed E-state index contributed by atoms with van der Waals surface area (Å²) in [5.74, 6) is -2.68. The van der Waals surface area contributed by atoms with Crippen molar-refractivity contribution in [3.8, 4) is 0 Å². The van der Waals surface area contributed by atoms with Gasteiger partial charge in [-0.1, -0.05) is 12.1 Å². The molecule has 0 aromatic heterocycles. The molecular formula is C19H21F3N2O4. The van der Waals surface area contributed by atoms with Crippen LogP contribution in [0.2, 0.25) is 0 Å². The van der Waals surface area contributed by atoms with Crippen LogP contribution in [-0.2, 0) is 27.1 Å². The molecule has 1 N–H and O–H groups in total. The number of alkyl halides is 3. The molecule has 2 fully saturated rings. The van der Waals surface area contributed by atoms with Crippen LogP contribution in [0.25, 0.3) is 0 Å². The average Bonchev–Trinajstić information content (AvgIpc) is 3.01. The Hall–Kier alpha value is -2.58. The first-order valence-electron chi connectivity index (χ1n) is 9.10. The third kappa shape index (κ3) is 4.45. The van der Waals surface area contributed by atoms with Gasteiger partial charge in [0.2, 0.25) is 11.8 Å². The van der Waals surface area contributed by atoms with Gasteiger partial charge in [0.1, 0.15) is 0 Å². The number of hydrogen-bond donors (Lipinski definition) is 1. The quantitative estimate of drug-likeness (QED) is 0.845. The summed E-state index contributed by atoms with van der Waals surface area (Å²) >= 11 is 0. The molecule has 2 atom stereocenters. The van der Waals surface area contributed by atoms with Gasteiger partial charge in [-0.15, -0.1) is 0 Å². The fourth-order valence-electron chi connectivity index (χ4n) is 3.79. The number of carboxylic acid groups (broad SMARTS) is 1. The smallest absolute Gasteiger partial charge is 0.416 e. The van der Waals surface area contributed by atoms with Gasteiger partial charge in [0, 0.05) is 32.6 Å². The van der Waals surface area contributed by atoms with Crippen molar-refractivity contribution in [1.82, 2.24) is 9.80 Å². The van der Waals surface area contributed by atoms with Crippen molar-refractivity contribution in [2.24, 2.45) is 11.8 Å². The Balaban J connectivity index is 1.64. The Morgan fingerprint density at radius 2 is 1.93 bits per heavy atom. The standard InChI is InChI=1S/C19H21F3N2O4/c20-19(21,22)15-5-1-3-12(7-15)9-24-11-14(8-16(24)25)17(26)23-6-2-4-13(10-23)18(27)28/h1,3,5,7,13-14H,2,4,6,8-11H2,(H,27,28)/t13-,14?/m0/s1. The molecule has 2 amide bonds. The Bertz CT molecular complexity index is 781. The summed E-state index contributed by atoms with van der Waals surface area (Å²) < 4.78 is 38.5. The fourth-order valence-corrected chi connectivity index (χ4v) is 3.79. The van der Waals surface area contributed by atoms with Crippen molar-refractivity contribution >= 4 is 17.8 Å². The first-order chi connectivity index (χ1) is 13.1. The van der Waals surface area contributed by atoms with Gasteiger partial charge in [0.25, 0.3) is 0 Å². The van der Waals surface area contributed by atoms with E-state index in [1.807, 2.05) is 0 Å². The van der Waals surface area contributed by atoms with Gasteiger partial charge in [-0.3, -0.25) is 14.4 Å². The highest BCUT2D eigenvalue weighted by atomic mass is 19.4. The minimum absolute atomic E-state index is 0.00425. The van der Waals surface area contributed by atoms with Crippen LogP contribution >= 0.6 is 0 Å². The van der Waals surface area contributed by atoms with Crippen LogP contribution < -0.4 is 0 Å². The predicted octanol–water partition coefficient (Wildman–Crippen LogP) is 2.38. The summed E-state index contributed by atoms with van der Waals surface area (Å²) in [5, 5.41) is 9.15. The number of likely N-dealkylation sites (tertiary alicyclic amines) is 2. The highest BCUT2D eigenvalue weighted by Gasteiger charge is 2.39. The Labute approximate surface area is 159 Å². The minimum Gasteiger partial charge on any atom is -0.481 e. The van der Waals surface area contributed by atoms with Crippen LogP contribution in [0.15, 0.2) is 24.3 Å². The maximum Gasteiger partial charge on any atom is 0.416 e. The lowest BCUT2D eigenvalue weighted by atomic mass is 9.96. The topological polar surface area (TPSA) is 77.9 Å². The van der Waals surface area contributed by atoms with E-state index in [-0.39, 0.29) is 37.9 Å². The maximum absolute atomic E-state index is 12.8. The number of carbonyl (C=O) groups is 3. The molecule has 28 heavy (non-hydrogen) atoms. The number of carboxylic acids is 1. The lowest BCUT2D eigenvalue weighted by Gasteiger charge is -2.32. The van der Waals surface area contributed by atoms with Gasteiger partial charge < -0.3 is 14.9 Å². The van der Waals surface area contributed by atoms with Crippen molar-refractivity contribution in [3.63, 3.8) is 0 Å². The second-order valence-corrected chi connectivity index (χ2v) is 7.34. The highest BCUT2D eigenvalue weighted by molar-refractivity contribution is 5.89. The summed E-state index contributed by atoms with van der Waals surface area (Å²) in [7, 11) is 0. The van der Waals surface area contributed by atoms with Gasteiger partial charge in [0.05, 0.1) is 17.4 Å². The van der Waals surface area contributed by atoms with Crippen LogP contribution in [0.4, 0.5) is 13.2 Å². The van der Waals surface area contributed by atoms with Gasteiger partial charge in [-0.25, -0.2) is 0 Å². The summed E-state index contributed by atoms with van der Waals surface area (Å²) in [5.41, 5.74) is -0.433. The molecule has 0 aliphatic carbocycles. The van der Waals surface area contributed by atoms with E-state index in [0.717, 1.165) is 12.1 Å². The molecule has 0 bridgehead atoms. The molecule has 9 heteroatoms. The van der Waals surface area contributed by atoms with Crippen LogP contribution in [0, 0.1) is 11.8 Å². The zero-order valence-electron chi connectivity index (χ0n) is 15.1. The molecule has 0 spiro atoms. The van der Waals surface area contributed by atoms with Crippen LogP contribution in [0.3, 0.4) is 0 Å². The van der Waals surface area contributed by atoms with Crippen LogP contribution in [-0.4, -0.2) is 52.3 Å². The monoisotopic (exact) mass is 398 g/mol. The van der Waals surface area contributed by atoms with E-state index in [0.29, 0.717) is 24.9 Å². The predicted molar refractivity (Wildman–Crippen MR) is 91.9 cm³/mol. The minimum atomic E-state index is -4.46. The number of carbonyl (C=O) groups excluding carboxylic acids is 2. The summed E-state index contributed by atoms with van der Waals surface area (Å²) in [6.07, 6.45) is -3.35. The maximum atomic E-state index is 12.8. The number of aliphatic carboxylic acids is 1. The number of hydrogen-bond acceptors (Lipinski definition) is 3. The number of nitrogens with zero attached hydrogens (tertiary/aromatic N) is 2. The Morgan fingerprint density at radius 3 is 2.61 bits per heavy atom. The highest BCUT2D eigenvalue weighted by Crippen LogP contribution is 2.30. The van der Waals surface area contributed by atoms with E-state index in [4.69, 9.17) is 5.11 Å². The van der Waals surface area contributed by atoms with Crippen LogP contribution in [0.5, 0.6) is 0 Å².